The summed E-state index contributed by atoms with van der Waals surface area (Å²) in [7, 11) is 0. The first-order valence-corrected chi connectivity index (χ1v) is 7.57. The van der Waals surface area contributed by atoms with Crippen LogP contribution in [0.15, 0.2) is 30.5 Å². The zero-order valence-electron chi connectivity index (χ0n) is 13.5. The first-order chi connectivity index (χ1) is 10.6. The number of rotatable bonds is 7. The Labute approximate surface area is 131 Å². The van der Waals surface area contributed by atoms with Gasteiger partial charge in [0.15, 0.2) is 5.82 Å². The van der Waals surface area contributed by atoms with E-state index in [-0.39, 0.29) is 6.10 Å². The summed E-state index contributed by atoms with van der Waals surface area (Å²) >= 11 is 0. The van der Waals surface area contributed by atoms with E-state index < -0.39 is 0 Å². The monoisotopic (exact) mass is 301 g/mol. The van der Waals surface area contributed by atoms with Crippen LogP contribution in [-0.2, 0) is 0 Å². The fraction of sp³-hybridized carbons (Fsp3) is 0.438. The highest BCUT2D eigenvalue weighted by molar-refractivity contribution is 5.64. The molecule has 2 aromatic rings. The van der Waals surface area contributed by atoms with Crippen LogP contribution in [0.2, 0.25) is 0 Å². The van der Waals surface area contributed by atoms with Crippen molar-refractivity contribution in [3.63, 3.8) is 0 Å². The quantitative estimate of drug-likeness (QED) is 0.814. The molecule has 1 aromatic carbocycles. The largest absolute Gasteiger partial charge is 0.489 e. The Hall–Kier alpha value is -2.37. The maximum absolute atomic E-state index is 5.79. The van der Waals surface area contributed by atoms with Gasteiger partial charge in [-0.2, -0.15) is 10.1 Å². The number of anilines is 3. The standard InChI is InChI=1S/C16H23N5O/c1-5-12(4)18-16-20-15(10-17-21-16)19-13-8-6-7-9-14(13)22-11(2)3/h6-12H,5H2,1-4H3,(H2,18,19,20,21). The molecule has 0 spiro atoms. The molecule has 118 valence electrons. The van der Waals surface area contributed by atoms with Crippen LogP contribution in [0.25, 0.3) is 0 Å². The van der Waals surface area contributed by atoms with Crippen molar-refractivity contribution in [1.29, 1.82) is 0 Å². The highest BCUT2D eigenvalue weighted by Gasteiger charge is 2.08. The Morgan fingerprint density at radius 3 is 2.68 bits per heavy atom. The Balaban J connectivity index is 2.15. The van der Waals surface area contributed by atoms with Crippen LogP contribution in [0.3, 0.4) is 0 Å². The van der Waals surface area contributed by atoms with Crippen molar-refractivity contribution in [1.82, 2.24) is 15.2 Å². The van der Waals surface area contributed by atoms with Gasteiger partial charge in [-0.3, -0.25) is 0 Å². The van der Waals surface area contributed by atoms with Gasteiger partial charge in [0.2, 0.25) is 5.95 Å². The fourth-order valence-corrected chi connectivity index (χ4v) is 1.81. The van der Waals surface area contributed by atoms with Gasteiger partial charge in [-0.05, 0) is 39.3 Å². The lowest BCUT2D eigenvalue weighted by Gasteiger charge is -2.15. The molecule has 0 saturated heterocycles. The molecule has 0 bridgehead atoms. The average molecular weight is 301 g/mol. The van der Waals surface area contributed by atoms with Crippen molar-refractivity contribution in [2.75, 3.05) is 10.6 Å². The van der Waals surface area contributed by atoms with E-state index in [2.05, 4.69) is 39.7 Å². The van der Waals surface area contributed by atoms with Gasteiger partial charge >= 0.3 is 0 Å². The van der Waals surface area contributed by atoms with Crippen molar-refractivity contribution in [3.8, 4) is 5.75 Å². The molecular weight excluding hydrogens is 278 g/mol. The Morgan fingerprint density at radius 2 is 1.95 bits per heavy atom. The zero-order chi connectivity index (χ0) is 15.9. The minimum atomic E-state index is 0.106. The van der Waals surface area contributed by atoms with Crippen LogP contribution in [-0.4, -0.2) is 27.3 Å². The van der Waals surface area contributed by atoms with Gasteiger partial charge < -0.3 is 15.4 Å². The van der Waals surface area contributed by atoms with Crippen LogP contribution in [0.5, 0.6) is 5.75 Å². The second kappa shape index (κ2) is 7.59. The zero-order valence-corrected chi connectivity index (χ0v) is 13.5. The second-order valence-corrected chi connectivity index (χ2v) is 5.41. The van der Waals surface area contributed by atoms with Crippen molar-refractivity contribution in [2.24, 2.45) is 0 Å². The maximum atomic E-state index is 5.79. The van der Waals surface area contributed by atoms with Crippen molar-refractivity contribution >= 4 is 17.5 Å². The van der Waals surface area contributed by atoms with Gasteiger partial charge in [0, 0.05) is 6.04 Å². The molecule has 0 radical (unpaired) electrons. The SMILES string of the molecule is CCC(C)Nc1nncc(Nc2ccccc2OC(C)C)n1. The molecule has 0 aliphatic rings. The molecule has 1 aromatic heterocycles. The minimum absolute atomic E-state index is 0.106. The van der Waals surface area contributed by atoms with Gasteiger partial charge in [0.25, 0.3) is 0 Å². The predicted molar refractivity (Wildman–Crippen MR) is 88.7 cm³/mol. The first-order valence-electron chi connectivity index (χ1n) is 7.57. The average Bonchev–Trinajstić information content (AvgIpc) is 2.49. The number of hydrogen-bond acceptors (Lipinski definition) is 6. The molecule has 0 aliphatic heterocycles. The summed E-state index contributed by atoms with van der Waals surface area (Å²) in [6, 6.07) is 8.06. The molecule has 2 N–H and O–H groups in total. The molecule has 1 atom stereocenters. The van der Waals surface area contributed by atoms with Crippen LogP contribution in [0.4, 0.5) is 17.5 Å². The van der Waals surface area contributed by atoms with Gasteiger partial charge in [0.1, 0.15) is 5.75 Å². The molecule has 1 heterocycles. The van der Waals surface area contributed by atoms with Crippen LogP contribution in [0, 0.1) is 0 Å². The lowest BCUT2D eigenvalue weighted by Crippen LogP contribution is -2.16. The minimum Gasteiger partial charge on any atom is -0.489 e. The van der Waals surface area contributed by atoms with Gasteiger partial charge in [0.05, 0.1) is 18.0 Å². The molecule has 0 aliphatic carbocycles. The van der Waals surface area contributed by atoms with E-state index in [4.69, 9.17) is 4.74 Å². The molecule has 0 fully saturated rings. The van der Waals surface area contributed by atoms with E-state index in [0.717, 1.165) is 17.9 Å². The van der Waals surface area contributed by atoms with Crippen molar-refractivity contribution in [3.05, 3.63) is 30.5 Å². The Morgan fingerprint density at radius 1 is 1.18 bits per heavy atom. The number of hydrogen-bond donors (Lipinski definition) is 2. The van der Waals surface area contributed by atoms with Crippen LogP contribution < -0.4 is 15.4 Å². The summed E-state index contributed by atoms with van der Waals surface area (Å²) in [6.45, 7) is 8.18. The topological polar surface area (TPSA) is 72.0 Å². The number of nitrogens with zero attached hydrogens (tertiary/aromatic N) is 3. The molecule has 0 amide bonds. The molecule has 6 nitrogen and oxygen atoms in total. The highest BCUT2D eigenvalue weighted by Crippen LogP contribution is 2.27. The van der Waals surface area contributed by atoms with Crippen LogP contribution >= 0.6 is 0 Å². The van der Waals surface area contributed by atoms with Gasteiger partial charge in [-0.1, -0.05) is 19.1 Å². The van der Waals surface area contributed by atoms with Gasteiger partial charge in [-0.15, -0.1) is 5.10 Å². The molecule has 22 heavy (non-hydrogen) atoms. The fourth-order valence-electron chi connectivity index (χ4n) is 1.81. The summed E-state index contributed by atoms with van der Waals surface area (Å²) in [5.74, 6) is 1.93. The molecule has 2 rings (SSSR count). The summed E-state index contributed by atoms with van der Waals surface area (Å²) in [4.78, 5) is 4.42. The van der Waals surface area contributed by atoms with E-state index in [1.54, 1.807) is 6.20 Å². The smallest absolute Gasteiger partial charge is 0.244 e. The van der Waals surface area contributed by atoms with E-state index in [9.17, 15) is 0 Å². The lowest BCUT2D eigenvalue weighted by atomic mass is 10.3. The number of para-hydroxylation sites is 2. The molecular formula is C16H23N5O. The molecule has 6 heteroatoms. The third-order valence-electron chi connectivity index (χ3n) is 3.06. The summed E-state index contributed by atoms with van der Waals surface area (Å²) < 4.78 is 5.79. The molecule has 0 saturated carbocycles. The third-order valence-corrected chi connectivity index (χ3v) is 3.06. The maximum Gasteiger partial charge on any atom is 0.244 e. The van der Waals surface area contributed by atoms with Crippen LogP contribution in [0.1, 0.15) is 34.1 Å². The number of aromatic nitrogens is 3. The first kappa shape index (κ1) is 16.0. The Bertz CT molecular complexity index is 603. The molecule has 1 unspecified atom stereocenters. The van der Waals surface area contributed by atoms with Crippen molar-refractivity contribution < 1.29 is 4.74 Å². The third kappa shape index (κ3) is 4.58. The summed E-state index contributed by atoms with van der Waals surface area (Å²) in [5.41, 5.74) is 0.853. The lowest BCUT2D eigenvalue weighted by molar-refractivity contribution is 0.244. The van der Waals surface area contributed by atoms with E-state index in [1.165, 1.54) is 0 Å². The van der Waals surface area contributed by atoms with E-state index in [0.29, 0.717) is 17.8 Å². The summed E-state index contributed by atoms with van der Waals surface area (Å²) in [5, 5.41) is 14.4. The highest BCUT2D eigenvalue weighted by atomic mass is 16.5. The number of nitrogens with one attached hydrogen (secondary N) is 2. The Kier molecular flexibility index (Phi) is 5.52. The predicted octanol–water partition coefficient (Wildman–Crippen LogP) is 3.61. The summed E-state index contributed by atoms with van der Waals surface area (Å²) in [6.07, 6.45) is 2.69. The van der Waals surface area contributed by atoms with E-state index >= 15 is 0 Å². The number of benzene rings is 1. The van der Waals surface area contributed by atoms with Crippen molar-refractivity contribution in [2.45, 2.75) is 46.3 Å². The van der Waals surface area contributed by atoms with Gasteiger partial charge in [-0.25, -0.2) is 0 Å². The second-order valence-electron chi connectivity index (χ2n) is 5.41. The number of ether oxygens (including phenoxy) is 1. The van der Waals surface area contributed by atoms with E-state index in [1.807, 2.05) is 38.1 Å². The normalized spacial score (nSPS) is 12.0.